The van der Waals surface area contributed by atoms with Gasteiger partial charge in [-0.2, -0.15) is 10.2 Å². The minimum absolute atomic E-state index is 0.00176. The van der Waals surface area contributed by atoms with Crippen molar-refractivity contribution in [3.05, 3.63) is 180 Å². The number of carbonyl (C=O) groups excluding carboxylic acids is 3. The molecular weight excluding hydrogens is 925 g/mol. The third kappa shape index (κ3) is 11.8. The second-order valence-corrected chi connectivity index (χ2v) is 19.5. The van der Waals surface area contributed by atoms with E-state index in [9.17, 15) is 14.4 Å². The molecule has 3 aliphatic heterocycles. The van der Waals surface area contributed by atoms with Crippen molar-refractivity contribution >= 4 is 68.2 Å². The Hall–Kier alpha value is -7.87. The Bertz CT molecular complexity index is 3400. The first kappa shape index (κ1) is 46.8. The molecule has 0 radical (unpaired) electrons. The first-order chi connectivity index (χ1) is 35.1. The number of hydrogen-bond acceptors (Lipinski definition) is 12. The van der Waals surface area contributed by atoms with Crippen LogP contribution in [0.3, 0.4) is 0 Å². The summed E-state index contributed by atoms with van der Waals surface area (Å²) < 4.78 is 20.3. The van der Waals surface area contributed by atoms with Gasteiger partial charge in [0.15, 0.2) is 5.71 Å². The molecule has 0 spiro atoms. The number of hydrazone groups is 2. The van der Waals surface area contributed by atoms with Crippen LogP contribution in [-0.4, -0.2) is 64.8 Å². The molecule has 8 aromatic rings. The molecule has 3 aliphatic rings. The number of amides is 1. The third-order valence-electron chi connectivity index (χ3n) is 11.8. The first-order valence-electron chi connectivity index (χ1n) is 23.7. The highest BCUT2D eigenvalue weighted by Gasteiger charge is 2.20. The average Bonchev–Trinajstić information content (AvgIpc) is 3.40. The number of fused-ring (bicyclic) bond motifs is 3. The molecule has 0 atom stereocenters. The number of anilines is 1. The number of ether oxygens (including phenoxy) is 2. The molecule has 11 rings (SSSR count). The first-order valence-corrected chi connectivity index (χ1v) is 25.7. The van der Waals surface area contributed by atoms with Crippen LogP contribution in [0, 0.1) is 13.8 Å². The van der Waals surface area contributed by atoms with Gasteiger partial charge < -0.3 is 9.47 Å². The second kappa shape index (κ2) is 22.7. The summed E-state index contributed by atoms with van der Waals surface area (Å²) in [5, 5.41) is 9.65. The summed E-state index contributed by atoms with van der Waals surface area (Å²) in [6.07, 6.45) is 5.44. The van der Waals surface area contributed by atoms with Crippen molar-refractivity contribution in [3.8, 4) is 61.4 Å². The molecule has 10 bridgehead atoms. The lowest BCUT2D eigenvalue weighted by atomic mass is 9.93. The third-order valence-corrected chi connectivity index (χ3v) is 14.3. The monoisotopic (exact) mass is 975 g/mol. The number of benzene rings is 6. The van der Waals surface area contributed by atoms with Crippen molar-refractivity contribution in [1.82, 2.24) is 15.4 Å². The van der Waals surface area contributed by atoms with Gasteiger partial charge in [0.2, 0.25) is 5.91 Å². The van der Waals surface area contributed by atoms with Gasteiger partial charge in [0.25, 0.3) is 0 Å². The maximum Gasteiger partial charge on any atom is 0.361 e. The zero-order chi connectivity index (χ0) is 50.0. The standard InChI is InChI=1S/C58H50N6O5S2/c1-4-68-58(67)57-53-20-17-46(34-59-53)43-13-7-14-50(31-43)69-22-8-23-70-71-24-21-55(66)63-61-33-39-9-5-11-41(27-39)44-15-18-51(37(2)25-44)47-29-48-30-49(35-60-56(48)54(32-47)62-64-57)52-19-16-45(26-38(52)3)42-12-6-10-40(28-42)36-65/h5-7,9-20,25-36,62H,4,8,21-24H2,1-3H3,(H,63,66)/b61-33+,64-57-/i33D. The number of aryl methyl sites for hydroxylation is 2. The Morgan fingerprint density at radius 2 is 1.39 bits per heavy atom. The molecule has 11 nitrogen and oxygen atoms in total. The topological polar surface area (TPSA) is 144 Å². The molecule has 5 heterocycles. The fourth-order valence-electron chi connectivity index (χ4n) is 8.30. The Morgan fingerprint density at radius 1 is 0.718 bits per heavy atom. The van der Waals surface area contributed by atoms with Crippen molar-refractivity contribution in [2.75, 3.05) is 30.1 Å². The lowest BCUT2D eigenvalue weighted by molar-refractivity contribution is -0.135. The lowest BCUT2D eigenvalue weighted by Crippen LogP contribution is -2.21. The van der Waals surface area contributed by atoms with Crippen LogP contribution >= 0.6 is 21.6 Å². The molecule has 0 unspecified atom stereocenters. The van der Waals surface area contributed by atoms with E-state index in [-0.39, 0.29) is 30.8 Å². The van der Waals surface area contributed by atoms with E-state index in [1.54, 1.807) is 52.9 Å². The fourth-order valence-corrected chi connectivity index (χ4v) is 10.3. The van der Waals surface area contributed by atoms with Crippen LogP contribution < -0.4 is 15.6 Å². The number of nitrogens with one attached hydrogen (secondary N) is 2. The Kier molecular flexibility index (Phi) is 15.0. The van der Waals surface area contributed by atoms with E-state index in [0.717, 1.165) is 96.4 Å². The number of esters is 1. The van der Waals surface area contributed by atoms with Crippen LogP contribution in [0.2, 0.25) is 0 Å². The predicted molar refractivity (Wildman–Crippen MR) is 290 cm³/mol. The van der Waals surface area contributed by atoms with Crippen molar-refractivity contribution in [3.63, 3.8) is 0 Å². The maximum atomic E-state index is 13.7. The summed E-state index contributed by atoms with van der Waals surface area (Å²) in [7, 11) is 3.30. The van der Waals surface area contributed by atoms with E-state index in [1.165, 1.54) is 0 Å². The van der Waals surface area contributed by atoms with Gasteiger partial charge in [-0.05, 0) is 137 Å². The molecule has 0 fully saturated rings. The molecule has 13 heteroatoms. The molecule has 1 amide bonds. The molecule has 354 valence electrons. The van der Waals surface area contributed by atoms with Crippen LogP contribution in [-0.2, 0) is 14.3 Å². The van der Waals surface area contributed by atoms with E-state index in [2.05, 4.69) is 72.3 Å². The van der Waals surface area contributed by atoms with Gasteiger partial charge in [0.1, 0.15) is 12.0 Å². The number of hydrogen-bond donors (Lipinski definition) is 2. The summed E-state index contributed by atoms with van der Waals surface area (Å²) in [6.45, 7) is 6.53. The number of aldehydes is 1. The molecule has 2 N–H and O–H groups in total. The van der Waals surface area contributed by atoms with Crippen LogP contribution in [0.4, 0.5) is 5.69 Å². The van der Waals surface area contributed by atoms with Gasteiger partial charge in [-0.3, -0.25) is 25.0 Å². The summed E-state index contributed by atoms with van der Waals surface area (Å²) in [5.41, 5.74) is 19.7. The number of carbonyl (C=O) groups is 3. The minimum Gasteiger partial charge on any atom is -0.494 e. The SMILES string of the molecule is [2H]/C1=N\NC(=O)CCSSCCCOc2cccc(c2)-c2ccc(nc2)/C(C(=O)OCC)=N/Nc2cc(cc3cc(-c4ccc(-c5cccc(C=O)c5)cc4C)cnc23)-c2ccc(cc2C)-c2cccc1c2. The van der Waals surface area contributed by atoms with E-state index in [0.29, 0.717) is 40.4 Å². The maximum absolute atomic E-state index is 13.7. The summed E-state index contributed by atoms with van der Waals surface area (Å²) in [4.78, 5) is 47.6. The molecule has 2 aromatic heterocycles. The van der Waals surface area contributed by atoms with Gasteiger partial charge >= 0.3 is 5.97 Å². The van der Waals surface area contributed by atoms with Crippen LogP contribution in [0.15, 0.2) is 162 Å². The zero-order valence-electron chi connectivity index (χ0n) is 40.4. The van der Waals surface area contributed by atoms with Crippen LogP contribution in [0.25, 0.3) is 66.5 Å². The summed E-state index contributed by atoms with van der Waals surface area (Å²) >= 11 is 0. The largest absolute Gasteiger partial charge is 0.494 e. The van der Waals surface area contributed by atoms with Crippen molar-refractivity contribution in [2.45, 2.75) is 33.6 Å². The highest BCUT2D eigenvalue weighted by atomic mass is 33.1. The quantitative estimate of drug-likeness (QED) is 0.0971. The summed E-state index contributed by atoms with van der Waals surface area (Å²) in [6, 6.07) is 45.2. The molecule has 0 saturated carbocycles. The fraction of sp³-hybridized carbons (Fsp3) is 0.155. The highest BCUT2D eigenvalue weighted by molar-refractivity contribution is 8.76. The zero-order valence-corrected chi connectivity index (χ0v) is 41.0. The molecule has 0 saturated heterocycles. The van der Waals surface area contributed by atoms with Crippen LogP contribution in [0.5, 0.6) is 5.75 Å². The minimum atomic E-state index is -0.633. The predicted octanol–water partition coefficient (Wildman–Crippen LogP) is 12.8. The van der Waals surface area contributed by atoms with Gasteiger partial charge in [0.05, 0.1) is 37.7 Å². The van der Waals surface area contributed by atoms with E-state index >= 15 is 0 Å². The molecule has 0 aliphatic carbocycles. The van der Waals surface area contributed by atoms with E-state index in [1.807, 2.05) is 85.1 Å². The summed E-state index contributed by atoms with van der Waals surface area (Å²) in [5.74, 6) is 1.30. The Morgan fingerprint density at radius 3 is 2.14 bits per heavy atom. The molecule has 71 heavy (non-hydrogen) atoms. The van der Waals surface area contributed by atoms with E-state index < -0.39 is 5.97 Å². The number of rotatable bonds is 5. The van der Waals surface area contributed by atoms with Crippen molar-refractivity contribution in [2.24, 2.45) is 10.2 Å². The smallest absolute Gasteiger partial charge is 0.361 e. The Labute approximate surface area is 422 Å². The van der Waals surface area contributed by atoms with E-state index in [4.69, 9.17) is 25.9 Å². The van der Waals surface area contributed by atoms with Gasteiger partial charge in [0, 0.05) is 52.4 Å². The number of aromatic nitrogens is 2. The van der Waals surface area contributed by atoms with Gasteiger partial charge in [-0.1, -0.05) is 113 Å². The normalized spacial score (nSPS) is 15.3. The number of nitrogens with zero attached hydrogens (tertiary/aromatic N) is 4. The number of pyridine rings is 2. The molecule has 6 aromatic carbocycles. The molecular formula is C58H50N6O5S2. The van der Waals surface area contributed by atoms with Crippen molar-refractivity contribution in [1.29, 1.82) is 0 Å². The van der Waals surface area contributed by atoms with Gasteiger partial charge in [-0.15, -0.1) is 0 Å². The second-order valence-electron chi connectivity index (χ2n) is 16.8. The van der Waals surface area contributed by atoms with Crippen molar-refractivity contribution < 1.29 is 25.2 Å². The average molecular weight is 976 g/mol. The lowest BCUT2D eigenvalue weighted by Gasteiger charge is -2.15. The Balaban J connectivity index is 1.13. The highest BCUT2D eigenvalue weighted by Crippen LogP contribution is 2.37. The van der Waals surface area contributed by atoms with Gasteiger partial charge in [-0.25, -0.2) is 10.2 Å². The van der Waals surface area contributed by atoms with Crippen LogP contribution in [0.1, 0.15) is 53.9 Å².